The van der Waals surface area contributed by atoms with E-state index in [-0.39, 0.29) is 17.7 Å². The van der Waals surface area contributed by atoms with Gasteiger partial charge in [-0.05, 0) is 38.3 Å². The first-order chi connectivity index (χ1) is 10.2. The minimum atomic E-state index is -0.639. The normalized spacial score (nSPS) is 27.7. The van der Waals surface area contributed by atoms with Crippen molar-refractivity contribution in [1.29, 1.82) is 0 Å². The highest BCUT2D eigenvalue weighted by Crippen LogP contribution is 2.30. The molecule has 3 aliphatic rings. The van der Waals surface area contributed by atoms with Crippen LogP contribution in [0.15, 0.2) is 6.07 Å². The van der Waals surface area contributed by atoms with Gasteiger partial charge in [-0.15, -0.1) is 0 Å². The number of hydrogen-bond acceptors (Lipinski definition) is 4. The molecule has 1 aromatic heterocycles. The molecule has 2 N–H and O–H groups in total. The Morgan fingerprint density at radius 3 is 2.57 bits per heavy atom. The van der Waals surface area contributed by atoms with Gasteiger partial charge in [-0.25, -0.2) is 13.8 Å². The molecular weight excluding hydrogens is 274 g/mol. The highest BCUT2D eigenvalue weighted by Gasteiger charge is 2.34. The van der Waals surface area contributed by atoms with Crippen LogP contribution in [0.3, 0.4) is 0 Å². The predicted molar refractivity (Wildman–Crippen MR) is 79.5 cm³/mol. The van der Waals surface area contributed by atoms with Crippen molar-refractivity contribution in [3.05, 3.63) is 17.7 Å². The van der Waals surface area contributed by atoms with Crippen molar-refractivity contribution in [3.63, 3.8) is 0 Å². The van der Waals surface area contributed by atoms with Gasteiger partial charge in [0.1, 0.15) is 0 Å². The Kier molecular flexibility index (Phi) is 4.24. The summed E-state index contributed by atoms with van der Waals surface area (Å²) in [4.78, 5) is 6.48. The number of nitrogens with zero attached hydrogens (tertiary/aromatic N) is 2. The summed E-state index contributed by atoms with van der Waals surface area (Å²) in [5.74, 6) is -0.407. The Hall–Kier alpha value is -1.43. The number of nitrogens with one attached hydrogen (secondary N) is 2. The largest absolute Gasteiger partial charge is 0.368 e. The lowest BCUT2D eigenvalue weighted by Crippen LogP contribution is -2.53. The topological polar surface area (TPSA) is 40.2 Å². The summed E-state index contributed by atoms with van der Waals surface area (Å²) in [6.45, 7) is 5.79. The molecule has 0 radical (unpaired) electrons. The lowest BCUT2D eigenvalue weighted by molar-refractivity contribution is 0.0972. The van der Waals surface area contributed by atoms with Gasteiger partial charge in [-0.1, -0.05) is 6.92 Å². The molecule has 0 amide bonds. The summed E-state index contributed by atoms with van der Waals surface area (Å²) >= 11 is 0. The molecule has 21 heavy (non-hydrogen) atoms. The van der Waals surface area contributed by atoms with E-state index in [1.165, 1.54) is 0 Å². The third-order valence-electron chi connectivity index (χ3n) is 4.45. The standard InChI is InChI=1S/C15H22F2N4/c1-2-5-18-14-11(16)8-12(17)15(20-14)19-13-9-21-6-3-10(13)4-7-21/h8,10,13H,2-7,9H2,1H3,(H2,18,19,20). The van der Waals surface area contributed by atoms with E-state index in [0.717, 1.165) is 45.0 Å². The fraction of sp³-hybridized carbons (Fsp3) is 0.667. The maximum atomic E-state index is 13.9. The number of fused-ring (bicyclic) bond motifs is 3. The molecule has 3 saturated heterocycles. The molecule has 3 fully saturated rings. The molecule has 2 bridgehead atoms. The zero-order chi connectivity index (χ0) is 14.8. The molecule has 1 unspecified atom stereocenters. The molecule has 1 aromatic rings. The van der Waals surface area contributed by atoms with Crippen LogP contribution in [-0.2, 0) is 0 Å². The summed E-state index contributed by atoms with van der Waals surface area (Å²) in [6.07, 6.45) is 3.14. The highest BCUT2D eigenvalue weighted by molar-refractivity contribution is 5.48. The average molecular weight is 296 g/mol. The Labute approximate surface area is 123 Å². The number of rotatable bonds is 5. The maximum Gasteiger partial charge on any atom is 0.168 e. The molecule has 1 atom stereocenters. The van der Waals surface area contributed by atoms with E-state index in [2.05, 4.69) is 20.5 Å². The molecule has 0 aliphatic carbocycles. The Morgan fingerprint density at radius 1 is 1.24 bits per heavy atom. The summed E-state index contributed by atoms with van der Waals surface area (Å²) < 4.78 is 27.6. The van der Waals surface area contributed by atoms with Gasteiger partial charge in [-0.3, -0.25) is 0 Å². The second-order valence-corrected chi connectivity index (χ2v) is 5.96. The molecule has 0 saturated carbocycles. The molecule has 0 aromatic carbocycles. The number of pyridine rings is 1. The average Bonchev–Trinajstić information content (AvgIpc) is 2.50. The first kappa shape index (κ1) is 14.5. The van der Waals surface area contributed by atoms with Crippen LogP contribution in [0.1, 0.15) is 26.2 Å². The van der Waals surface area contributed by atoms with E-state index in [1.807, 2.05) is 6.92 Å². The minimum absolute atomic E-state index is 0.127. The first-order valence-corrected chi connectivity index (χ1v) is 7.76. The van der Waals surface area contributed by atoms with E-state index < -0.39 is 11.6 Å². The van der Waals surface area contributed by atoms with Gasteiger partial charge < -0.3 is 15.5 Å². The van der Waals surface area contributed by atoms with Gasteiger partial charge in [0.25, 0.3) is 0 Å². The highest BCUT2D eigenvalue weighted by atomic mass is 19.1. The third kappa shape index (κ3) is 3.10. The van der Waals surface area contributed by atoms with Crippen LogP contribution in [0.4, 0.5) is 20.4 Å². The Morgan fingerprint density at radius 2 is 1.95 bits per heavy atom. The predicted octanol–water partition coefficient (Wildman–Crippen LogP) is 2.69. The van der Waals surface area contributed by atoms with Gasteiger partial charge in [0.2, 0.25) is 0 Å². The summed E-state index contributed by atoms with van der Waals surface area (Å²) in [7, 11) is 0. The lowest BCUT2D eigenvalue weighted by Gasteiger charge is -2.45. The SMILES string of the molecule is CCCNc1nc(NC2CN3CCC2CC3)c(F)cc1F. The van der Waals surface area contributed by atoms with Crippen molar-refractivity contribution >= 4 is 11.6 Å². The Balaban J connectivity index is 1.75. The number of anilines is 2. The minimum Gasteiger partial charge on any atom is -0.368 e. The van der Waals surface area contributed by atoms with Gasteiger partial charge in [-0.2, -0.15) is 0 Å². The van der Waals surface area contributed by atoms with E-state index in [9.17, 15) is 8.78 Å². The summed E-state index contributed by atoms with van der Waals surface area (Å²) in [5.41, 5.74) is 0. The zero-order valence-corrected chi connectivity index (χ0v) is 12.3. The maximum absolute atomic E-state index is 13.9. The van der Waals surface area contributed by atoms with Crippen LogP contribution < -0.4 is 10.6 Å². The van der Waals surface area contributed by atoms with Crippen LogP contribution in [0.5, 0.6) is 0 Å². The molecule has 4 heterocycles. The van der Waals surface area contributed by atoms with Crippen molar-refractivity contribution in [2.75, 3.05) is 36.8 Å². The van der Waals surface area contributed by atoms with Crippen LogP contribution >= 0.6 is 0 Å². The summed E-state index contributed by atoms with van der Waals surface area (Å²) in [5, 5.41) is 6.09. The van der Waals surface area contributed by atoms with E-state index in [4.69, 9.17) is 0 Å². The quantitative estimate of drug-likeness (QED) is 0.876. The van der Waals surface area contributed by atoms with Gasteiger partial charge in [0, 0.05) is 25.2 Å². The van der Waals surface area contributed by atoms with Crippen molar-refractivity contribution in [1.82, 2.24) is 9.88 Å². The second kappa shape index (κ2) is 6.13. The Bertz CT molecular complexity index is 501. The third-order valence-corrected chi connectivity index (χ3v) is 4.45. The fourth-order valence-electron chi connectivity index (χ4n) is 3.24. The molecule has 6 heteroatoms. The van der Waals surface area contributed by atoms with Gasteiger partial charge in [0.05, 0.1) is 0 Å². The zero-order valence-electron chi connectivity index (χ0n) is 12.3. The van der Waals surface area contributed by atoms with Crippen molar-refractivity contribution < 1.29 is 8.78 Å². The van der Waals surface area contributed by atoms with Gasteiger partial charge in [0.15, 0.2) is 23.3 Å². The first-order valence-electron chi connectivity index (χ1n) is 7.76. The van der Waals surface area contributed by atoms with Crippen LogP contribution in [0.25, 0.3) is 0 Å². The van der Waals surface area contributed by atoms with Crippen LogP contribution in [0.2, 0.25) is 0 Å². The molecule has 4 nitrogen and oxygen atoms in total. The molecule has 4 rings (SSSR count). The lowest BCUT2D eigenvalue weighted by atomic mass is 9.84. The van der Waals surface area contributed by atoms with E-state index in [1.54, 1.807) is 0 Å². The number of piperidine rings is 3. The smallest absolute Gasteiger partial charge is 0.168 e. The van der Waals surface area contributed by atoms with E-state index >= 15 is 0 Å². The molecule has 3 aliphatic heterocycles. The van der Waals surface area contributed by atoms with E-state index in [0.29, 0.717) is 12.5 Å². The van der Waals surface area contributed by atoms with Crippen LogP contribution in [-0.4, -0.2) is 42.1 Å². The number of aromatic nitrogens is 1. The fourth-order valence-corrected chi connectivity index (χ4v) is 3.24. The van der Waals surface area contributed by atoms with Crippen molar-refractivity contribution in [2.45, 2.75) is 32.2 Å². The van der Waals surface area contributed by atoms with Gasteiger partial charge >= 0.3 is 0 Å². The van der Waals surface area contributed by atoms with Crippen molar-refractivity contribution in [2.24, 2.45) is 5.92 Å². The number of hydrogen-bond donors (Lipinski definition) is 2. The molecular formula is C15H22F2N4. The van der Waals surface area contributed by atoms with Crippen molar-refractivity contribution in [3.8, 4) is 0 Å². The number of halogens is 2. The summed E-state index contributed by atoms with van der Waals surface area (Å²) in [6, 6.07) is 1.12. The molecule has 116 valence electrons. The monoisotopic (exact) mass is 296 g/mol. The second-order valence-electron chi connectivity index (χ2n) is 5.96. The molecule has 0 spiro atoms. The van der Waals surface area contributed by atoms with Crippen LogP contribution in [0, 0.1) is 17.6 Å².